The monoisotopic (exact) mass is 238 g/mol. The van der Waals surface area contributed by atoms with Gasteiger partial charge in [0.2, 0.25) is 0 Å². The number of hydrogen-bond donors (Lipinski definition) is 0. The van der Waals surface area contributed by atoms with Crippen LogP contribution < -0.4 is 0 Å². The average Bonchev–Trinajstić information content (AvgIpc) is 2.77. The molecule has 1 aliphatic heterocycles. The van der Waals surface area contributed by atoms with Crippen LogP contribution in [-0.4, -0.2) is 12.2 Å². The molecule has 1 aromatic rings. The molecule has 1 fully saturated rings. The molecule has 2 atom stereocenters. The third kappa shape index (κ3) is 2.26. The van der Waals surface area contributed by atoms with Gasteiger partial charge in [0.15, 0.2) is 0 Å². The Hall–Kier alpha value is -0.530. The van der Waals surface area contributed by atoms with Crippen molar-refractivity contribution in [1.82, 2.24) is 0 Å². The van der Waals surface area contributed by atoms with Gasteiger partial charge in [0.05, 0.1) is 11.0 Å². The first-order valence-electron chi connectivity index (χ1n) is 6.02. The van der Waals surface area contributed by atoms with Gasteiger partial charge < -0.3 is 4.74 Å². The van der Waals surface area contributed by atoms with Gasteiger partial charge in [0, 0.05) is 6.61 Å². The maximum atomic E-state index is 6.52. The van der Waals surface area contributed by atoms with Crippen molar-refractivity contribution in [3.05, 3.63) is 35.4 Å². The fourth-order valence-electron chi connectivity index (χ4n) is 2.28. The van der Waals surface area contributed by atoms with Gasteiger partial charge >= 0.3 is 0 Å². The zero-order chi connectivity index (χ0) is 11.6. The van der Waals surface area contributed by atoms with Crippen LogP contribution >= 0.6 is 11.6 Å². The second-order valence-corrected chi connectivity index (χ2v) is 5.16. The van der Waals surface area contributed by atoms with Crippen LogP contribution in [0.1, 0.15) is 43.2 Å². The molecule has 16 heavy (non-hydrogen) atoms. The van der Waals surface area contributed by atoms with Gasteiger partial charge in [-0.1, -0.05) is 31.2 Å². The molecule has 0 aromatic heterocycles. The molecule has 2 unspecified atom stereocenters. The molecule has 0 radical (unpaired) electrons. The predicted molar refractivity (Wildman–Crippen MR) is 68.0 cm³/mol. The van der Waals surface area contributed by atoms with Gasteiger partial charge in [0.25, 0.3) is 0 Å². The van der Waals surface area contributed by atoms with E-state index in [0.717, 1.165) is 25.9 Å². The van der Waals surface area contributed by atoms with Gasteiger partial charge in [-0.15, -0.1) is 11.6 Å². The Morgan fingerprint density at radius 2 is 2.06 bits per heavy atom. The van der Waals surface area contributed by atoms with Crippen molar-refractivity contribution in [2.24, 2.45) is 0 Å². The molecule has 1 aliphatic rings. The zero-order valence-corrected chi connectivity index (χ0v) is 10.8. The summed E-state index contributed by atoms with van der Waals surface area (Å²) < 4.78 is 5.78. The topological polar surface area (TPSA) is 9.23 Å². The molecular weight excluding hydrogens is 220 g/mol. The van der Waals surface area contributed by atoms with Crippen molar-refractivity contribution >= 4 is 11.6 Å². The number of benzene rings is 1. The maximum Gasteiger partial charge on any atom is 0.0872 e. The number of halogens is 1. The van der Waals surface area contributed by atoms with Crippen molar-refractivity contribution in [2.45, 2.75) is 44.1 Å². The van der Waals surface area contributed by atoms with Crippen molar-refractivity contribution in [3.8, 4) is 0 Å². The Labute approximate surface area is 103 Å². The van der Waals surface area contributed by atoms with Crippen molar-refractivity contribution in [1.29, 1.82) is 0 Å². The molecule has 88 valence electrons. The summed E-state index contributed by atoms with van der Waals surface area (Å²) in [7, 11) is 0. The molecule has 0 N–H and O–H groups in total. The van der Waals surface area contributed by atoms with E-state index in [1.807, 2.05) is 0 Å². The minimum Gasteiger partial charge on any atom is -0.373 e. The number of ether oxygens (including phenoxy) is 1. The fourth-order valence-corrected chi connectivity index (χ4v) is 2.59. The van der Waals surface area contributed by atoms with Gasteiger partial charge in [-0.3, -0.25) is 0 Å². The first kappa shape index (κ1) is 11.9. The highest BCUT2D eigenvalue weighted by Crippen LogP contribution is 2.41. The van der Waals surface area contributed by atoms with Crippen LogP contribution in [0.15, 0.2) is 24.3 Å². The SMILES string of the molecule is CCc1ccc(C(Cl)C2(C)CCCO2)cc1. The second-order valence-electron chi connectivity index (χ2n) is 4.72. The van der Waals surface area contributed by atoms with Crippen molar-refractivity contribution in [3.63, 3.8) is 0 Å². The minimum absolute atomic E-state index is 0.0408. The first-order chi connectivity index (χ1) is 7.65. The summed E-state index contributed by atoms with van der Waals surface area (Å²) in [5, 5.41) is -0.0408. The van der Waals surface area contributed by atoms with E-state index in [1.165, 1.54) is 11.1 Å². The Morgan fingerprint density at radius 1 is 1.38 bits per heavy atom. The molecule has 1 aromatic carbocycles. The highest BCUT2D eigenvalue weighted by atomic mass is 35.5. The third-order valence-electron chi connectivity index (χ3n) is 3.47. The summed E-state index contributed by atoms with van der Waals surface area (Å²) in [6.45, 7) is 5.12. The Bertz CT molecular complexity index is 338. The summed E-state index contributed by atoms with van der Waals surface area (Å²) in [6.07, 6.45) is 3.24. The summed E-state index contributed by atoms with van der Waals surface area (Å²) in [4.78, 5) is 0. The highest BCUT2D eigenvalue weighted by molar-refractivity contribution is 6.21. The second kappa shape index (κ2) is 4.77. The normalized spacial score (nSPS) is 26.9. The standard InChI is InChI=1S/C14H19ClO/c1-3-11-5-7-12(8-6-11)13(15)14(2)9-4-10-16-14/h5-8,13H,3-4,9-10H2,1-2H3. The number of aryl methyl sites for hydroxylation is 1. The van der Waals surface area contributed by atoms with E-state index in [9.17, 15) is 0 Å². The van der Waals surface area contributed by atoms with Gasteiger partial charge in [-0.2, -0.15) is 0 Å². The van der Waals surface area contributed by atoms with Gasteiger partial charge in [-0.05, 0) is 37.3 Å². The van der Waals surface area contributed by atoms with E-state index in [2.05, 4.69) is 38.1 Å². The molecular formula is C14H19ClO. The molecule has 0 aliphatic carbocycles. The van der Waals surface area contributed by atoms with Crippen LogP contribution in [0.5, 0.6) is 0 Å². The fraction of sp³-hybridized carbons (Fsp3) is 0.571. The van der Waals surface area contributed by atoms with Crippen LogP contribution in [0.25, 0.3) is 0 Å². The first-order valence-corrected chi connectivity index (χ1v) is 6.46. The lowest BCUT2D eigenvalue weighted by molar-refractivity contribution is 0.0164. The zero-order valence-electron chi connectivity index (χ0n) is 10.0. The van der Waals surface area contributed by atoms with E-state index in [-0.39, 0.29) is 11.0 Å². The smallest absolute Gasteiger partial charge is 0.0872 e. The summed E-state index contributed by atoms with van der Waals surface area (Å²) >= 11 is 6.52. The van der Waals surface area contributed by atoms with E-state index >= 15 is 0 Å². The van der Waals surface area contributed by atoms with Gasteiger partial charge in [-0.25, -0.2) is 0 Å². The van der Waals surface area contributed by atoms with Crippen LogP contribution in [0, 0.1) is 0 Å². The third-order valence-corrected chi connectivity index (χ3v) is 4.18. The number of hydrogen-bond acceptors (Lipinski definition) is 1. The van der Waals surface area contributed by atoms with E-state index in [0.29, 0.717) is 0 Å². The quantitative estimate of drug-likeness (QED) is 0.721. The van der Waals surface area contributed by atoms with Crippen LogP contribution in [0.3, 0.4) is 0 Å². The predicted octanol–water partition coefficient (Wildman–Crippen LogP) is 4.10. The molecule has 0 spiro atoms. The van der Waals surface area contributed by atoms with Crippen molar-refractivity contribution < 1.29 is 4.74 Å². The molecule has 0 saturated carbocycles. The summed E-state index contributed by atoms with van der Waals surface area (Å²) in [5.74, 6) is 0. The number of rotatable bonds is 3. The molecule has 2 heteroatoms. The molecule has 0 amide bonds. The Kier molecular flexibility index (Phi) is 3.56. The largest absolute Gasteiger partial charge is 0.373 e. The Balaban J connectivity index is 2.16. The Morgan fingerprint density at radius 3 is 2.56 bits per heavy atom. The number of alkyl halides is 1. The minimum atomic E-state index is -0.185. The lowest BCUT2D eigenvalue weighted by Crippen LogP contribution is -2.28. The van der Waals surface area contributed by atoms with E-state index < -0.39 is 0 Å². The molecule has 1 nitrogen and oxygen atoms in total. The van der Waals surface area contributed by atoms with Crippen LogP contribution in [0.2, 0.25) is 0 Å². The van der Waals surface area contributed by atoms with Crippen LogP contribution in [-0.2, 0) is 11.2 Å². The molecule has 2 rings (SSSR count). The van der Waals surface area contributed by atoms with Crippen LogP contribution in [0.4, 0.5) is 0 Å². The van der Waals surface area contributed by atoms with Crippen molar-refractivity contribution in [2.75, 3.05) is 6.61 Å². The molecule has 1 heterocycles. The molecule has 1 saturated heterocycles. The summed E-state index contributed by atoms with van der Waals surface area (Å²) in [5.41, 5.74) is 2.34. The summed E-state index contributed by atoms with van der Waals surface area (Å²) in [6, 6.07) is 8.57. The van der Waals surface area contributed by atoms with E-state index in [4.69, 9.17) is 16.3 Å². The lowest BCUT2D eigenvalue weighted by atomic mass is 9.92. The van der Waals surface area contributed by atoms with Gasteiger partial charge in [0.1, 0.15) is 0 Å². The lowest BCUT2D eigenvalue weighted by Gasteiger charge is -2.29. The molecule has 0 bridgehead atoms. The maximum absolute atomic E-state index is 6.52. The average molecular weight is 239 g/mol. The van der Waals surface area contributed by atoms with E-state index in [1.54, 1.807) is 0 Å². The highest BCUT2D eigenvalue weighted by Gasteiger charge is 2.38.